The fourth-order valence-electron chi connectivity index (χ4n) is 6.79. The SMILES string of the molecule is CC(C)(C)c1ccc(-c2nc(-c3ccc(C(C)(C)C)cc3)nc(-c3cnc(-c4[c-]cc5c(c4)C(C)(C)CC5(C)C)cc3F)n2)cc1.[Ir]. The Bertz CT molecular complexity index is 1850. The van der Waals surface area contributed by atoms with Crippen molar-refractivity contribution >= 4 is 0 Å². The van der Waals surface area contributed by atoms with E-state index in [1.54, 1.807) is 0 Å². The summed E-state index contributed by atoms with van der Waals surface area (Å²) in [6.07, 6.45) is 2.59. The molecule has 6 heteroatoms. The Balaban J connectivity index is 0.00000433. The van der Waals surface area contributed by atoms with Gasteiger partial charge in [-0.2, -0.15) is 0 Å². The van der Waals surface area contributed by atoms with E-state index in [9.17, 15) is 0 Å². The number of halogens is 1. The Labute approximate surface area is 293 Å². The minimum absolute atomic E-state index is 0. The van der Waals surface area contributed by atoms with Crippen molar-refractivity contribution in [2.75, 3.05) is 0 Å². The molecule has 1 radical (unpaired) electrons. The summed E-state index contributed by atoms with van der Waals surface area (Å²) in [4.78, 5) is 19.1. The van der Waals surface area contributed by atoms with Gasteiger partial charge in [-0.1, -0.05) is 118 Å². The van der Waals surface area contributed by atoms with Crippen molar-refractivity contribution in [1.29, 1.82) is 0 Å². The molecule has 3 aromatic carbocycles. The maximum atomic E-state index is 16.1. The van der Waals surface area contributed by atoms with Gasteiger partial charge in [0, 0.05) is 37.4 Å². The van der Waals surface area contributed by atoms with Crippen LogP contribution in [0, 0.1) is 11.9 Å². The van der Waals surface area contributed by atoms with Gasteiger partial charge in [0.25, 0.3) is 0 Å². The average molecular weight is 804 g/mol. The fourth-order valence-corrected chi connectivity index (χ4v) is 6.79. The number of hydrogen-bond acceptors (Lipinski definition) is 4. The number of pyridine rings is 1. The molecule has 1 aliphatic rings. The van der Waals surface area contributed by atoms with Crippen molar-refractivity contribution in [3.8, 4) is 45.4 Å². The first kappa shape index (κ1) is 34.7. The second kappa shape index (κ2) is 12.1. The second-order valence-corrected chi connectivity index (χ2v) is 16.1. The number of nitrogens with zero attached hydrogens (tertiary/aromatic N) is 4. The molecule has 0 unspecified atom stereocenters. The molecule has 245 valence electrons. The Morgan fingerprint density at radius 1 is 0.660 bits per heavy atom. The van der Waals surface area contributed by atoms with Crippen LogP contribution in [-0.2, 0) is 41.8 Å². The van der Waals surface area contributed by atoms with E-state index >= 15 is 4.39 Å². The summed E-state index contributed by atoms with van der Waals surface area (Å²) < 4.78 is 16.1. The molecule has 6 rings (SSSR count). The van der Waals surface area contributed by atoms with Crippen LogP contribution in [0.5, 0.6) is 0 Å². The predicted octanol–water partition coefficient (Wildman–Crippen LogP) is 10.4. The van der Waals surface area contributed by atoms with Crippen LogP contribution < -0.4 is 0 Å². The molecule has 4 nitrogen and oxygen atoms in total. The van der Waals surface area contributed by atoms with Crippen molar-refractivity contribution in [1.82, 2.24) is 19.9 Å². The smallest absolute Gasteiger partial charge is 0.168 e. The first-order valence-electron chi connectivity index (χ1n) is 16.1. The van der Waals surface area contributed by atoms with E-state index in [4.69, 9.17) is 19.9 Å². The van der Waals surface area contributed by atoms with Crippen LogP contribution in [0.1, 0.15) is 97.9 Å². The second-order valence-electron chi connectivity index (χ2n) is 16.1. The zero-order valence-electron chi connectivity index (χ0n) is 29.1. The van der Waals surface area contributed by atoms with Gasteiger partial charge in [0.05, 0.1) is 5.56 Å². The van der Waals surface area contributed by atoms with E-state index in [0.29, 0.717) is 17.3 Å². The van der Waals surface area contributed by atoms with Crippen molar-refractivity contribution < 1.29 is 24.5 Å². The Kier molecular flexibility index (Phi) is 8.96. The predicted molar refractivity (Wildman–Crippen MR) is 186 cm³/mol. The molecule has 47 heavy (non-hydrogen) atoms. The van der Waals surface area contributed by atoms with Gasteiger partial charge in [-0.25, -0.2) is 19.3 Å². The van der Waals surface area contributed by atoms with Gasteiger partial charge >= 0.3 is 0 Å². The molecule has 0 aliphatic heterocycles. The van der Waals surface area contributed by atoms with E-state index in [2.05, 4.69) is 112 Å². The third kappa shape index (κ3) is 6.87. The molecule has 0 saturated heterocycles. The number of rotatable bonds is 4. The molecular formula is C41H44FIrN4-. The summed E-state index contributed by atoms with van der Waals surface area (Å²) >= 11 is 0. The van der Waals surface area contributed by atoms with Crippen LogP contribution in [0.3, 0.4) is 0 Å². The molecule has 0 bridgehead atoms. The van der Waals surface area contributed by atoms with Crippen molar-refractivity contribution in [2.45, 2.75) is 97.3 Å². The standard InChI is InChI=1S/C41H44FN4.Ir/c1-38(2,3)28-16-11-25(12-17-28)35-44-36(26-13-18-29(19-14-26)39(4,5)6)46-37(45-35)30-23-43-34(22-33(30)42)27-15-20-31-32(21-27)41(9,10)24-40(31,7)8;/h11-14,16-23H,24H2,1-10H3;/q-1;. The first-order chi connectivity index (χ1) is 21.4. The fraction of sp³-hybridized carbons (Fsp3) is 0.366. The third-order valence-corrected chi connectivity index (χ3v) is 9.32. The Morgan fingerprint density at radius 2 is 1.13 bits per heavy atom. The Morgan fingerprint density at radius 3 is 1.60 bits per heavy atom. The summed E-state index contributed by atoms with van der Waals surface area (Å²) in [6, 6.07) is 25.6. The zero-order valence-corrected chi connectivity index (χ0v) is 31.5. The summed E-state index contributed by atoms with van der Waals surface area (Å²) in [6.45, 7) is 22.2. The van der Waals surface area contributed by atoms with Gasteiger partial charge in [0.2, 0.25) is 0 Å². The van der Waals surface area contributed by atoms with Crippen molar-refractivity contribution in [3.05, 3.63) is 107 Å². The molecular weight excluding hydrogens is 760 g/mol. The minimum Gasteiger partial charge on any atom is -0.304 e. The maximum Gasteiger partial charge on any atom is 0.168 e. The van der Waals surface area contributed by atoms with Gasteiger partial charge in [0.15, 0.2) is 17.5 Å². The molecule has 2 aromatic heterocycles. The van der Waals surface area contributed by atoms with Crippen LogP contribution in [0.4, 0.5) is 4.39 Å². The van der Waals surface area contributed by atoms with Gasteiger partial charge in [-0.15, -0.1) is 34.9 Å². The zero-order chi connectivity index (χ0) is 33.2. The molecule has 0 spiro atoms. The van der Waals surface area contributed by atoms with Gasteiger partial charge in [-0.05, 0) is 51.0 Å². The molecule has 0 saturated carbocycles. The Hall–Kier alpha value is -3.60. The summed E-state index contributed by atoms with van der Waals surface area (Å²) in [7, 11) is 0. The van der Waals surface area contributed by atoms with Gasteiger partial charge in [-0.3, -0.25) is 0 Å². The van der Waals surface area contributed by atoms with E-state index in [1.165, 1.54) is 34.5 Å². The van der Waals surface area contributed by atoms with E-state index in [-0.39, 0.29) is 53.2 Å². The number of aromatic nitrogens is 4. The molecule has 0 N–H and O–H groups in total. The third-order valence-electron chi connectivity index (χ3n) is 9.32. The molecule has 0 fully saturated rings. The number of hydrogen-bond donors (Lipinski definition) is 0. The maximum absolute atomic E-state index is 16.1. The molecule has 1 aliphatic carbocycles. The number of benzene rings is 3. The largest absolute Gasteiger partial charge is 0.304 e. The monoisotopic (exact) mass is 804 g/mol. The van der Waals surface area contributed by atoms with Crippen LogP contribution >= 0.6 is 0 Å². The van der Waals surface area contributed by atoms with Crippen molar-refractivity contribution in [3.63, 3.8) is 0 Å². The normalized spacial score (nSPS) is 15.2. The van der Waals surface area contributed by atoms with E-state index in [0.717, 1.165) is 23.1 Å². The molecule has 0 atom stereocenters. The summed E-state index contributed by atoms with van der Waals surface area (Å²) in [5.74, 6) is 0.784. The van der Waals surface area contributed by atoms with Crippen LogP contribution in [0.25, 0.3) is 45.4 Å². The quantitative estimate of drug-likeness (QED) is 0.170. The first-order valence-corrected chi connectivity index (χ1v) is 16.1. The molecule has 5 aromatic rings. The van der Waals surface area contributed by atoms with Crippen LogP contribution in [0.15, 0.2) is 72.9 Å². The summed E-state index contributed by atoms with van der Waals surface area (Å²) in [5, 5.41) is 0. The minimum atomic E-state index is -0.437. The van der Waals surface area contributed by atoms with Crippen molar-refractivity contribution in [2.24, 2.45) is 0 Å². The van der Waals surface area contributed by atoms with E-state index in [1.807, 2.05) is 24.3 Å². The van der Waals surface area contributed by atoms with Crippen LogP contribution in [-0.4, -0.2) is 19.9 Å². The summed E-state index contributed by atoms with van der Waals surface area (Å²) in [5.41, 5.74) is 8.36. The van der Waals surface area contributed by atoms with Crippen LogP contribution in [0.2, 0.25) is 0 Å². The average Bonchev–Trinajstić information content (AvgIpc) is 3.18. The van der Waals surface area contributed by atoms with Gasteiger partial charge in [0.1, 0.15) is 5.82 Å². The molecule has 2 heterocycles. The molecule has 0 amide bonds. The van der Waals surface area contributed by atoms with Gasteiger partial charge < -0.3 is 4.98 Å². The number of fused-ring (bicyclic) bond motifs is 1. The van der Waals surface area contributed by atoms with E-state index < -0.39 is 5.82 Å². The topological polar surface area (TPSA) is 51.6 Å².